The number of aliphatic hydroxyl groups excluding tert-OH is 1. The molecular formula is C8H13N7O. The lowest BCUT2D eigenvalue weighted by Gasteiger charge is -2.11. The zero-order valence-electron chi connectivity index (χ0n) is 8.83. The van der Waals surface area contributed by atoms with Crippen LogP contribution in [0.15, 0.2) is 6.33 Å². The number of aliphatic hydroxyl groups is 1. The van der Waals surface area contributed by atoms with Crippen LogP contribution in [0.3, 0.4) is 0 Å². The second kappa shape index (κ2) is 4.37. The van der Waals surface area contributed by atoms with E-state index in [4.69, 9.17) is 5.84 Å². The highest BCUT2D eigenvalue weighted by Crippen LogP contribution is 2.19. The number of anilines is 1. The van der Waals surface area contributed by atoms with E-state index in [9.17, 15) is 5.11 Å². The van der Waals surface area contributed by atoms with E-state index in [2.05, 4.69) is 25.7 Å². The van der Waals surface area contributed by atoms with Crippen molar-refractivity contribution < 1.29 is 5.11 Å². The van der Waals surface area contributed by atoms with Gasteiger partial charge in [0.2, 0.25) is 0 Å². The first-order valence-corrected chi connectivity index (χ1v) is 4.95. The van der Waals surface area contributed by atoms with Crippen LogP contribution in [0.1, 0.15) is 19.4 Å². The van der Waals surface area contributed by atoms with Gasteiger partial charge in [-0.1, -0.05) is 12.1 Å². The van der Waals surface area contributed by atoms with Gasteiger partial charge in [0.1, 0.15) is 6.33 Å². The average molecular weight is 223 g/mol. The Morgan fingerprint density at radius 3 is 3.00 bits per heavy atom. The molecule has 8 heteroatoms. The van der Waals surface area contributed by atoms with Crippen molar-refractivity contribution in [3.05, 3.63) is 6.33 Å². The van der Waals surface area contributed by atoms with Gasteiger partial charge in [-0.25, -0.2) is 20.5 Å². The number of aromatic nitrogens is 5. The zero-order valence-corrected chi connectivity index (χ0v) is 8.83. The van der Waals surface area contributed by atoms with Gasteiger partial charge < -0.3 is 10.5 Å². The average Bonchev–Trinajstić information content (AvgIpc) is 2.75. The Bertz CT molecular complexity index is 478. The number of hydrogen-bond donors (Lipinski definition) is 3. The highest BCUT2D eigenvalue weighted by atomic mass is 16.3. The maximum absolute atomic E-state index is 9.21. The number of fused-ring (bicyclic) bond motifs is 1. The minimum atomic E-state index is -0.134. The fourth-order valence-electron chi connectivity index (χ4n) is 1.50. The molecule has 0 aromatic carbocycles. The number of nitrogens with one attached hydrogen (secondary N) is 1. The standard InChI is InChI=1S/C8H13N7O/c1-2-5(3-16)15-8-6(13-14-15)7(12-9)10-4-11-8/h4-5,16H,2-3,9H2,1H3,(H,10,11,12). The van der Waals surface area contributed by atoms with Gasteiger partial charge in [0.05, 0.1) is 12.6 Å². The van der Waals surface area contributed by atoms with E-state index < -0.39 is 0 Å². The van der Waals surface area contributed by atoms with Crippen LogP contribution in [0.5, 0.6) is 0 Å². The first-order valence-electron chi connectivity index (χ1n) is 4.95. The molecule has 2 heterocycles. The van der Waals surface area contributed by atoms with Gasteiger partial charge in [-0.15, -0.1) is 5.10 Å². The van der Waals surface area contributed by atoms with Crippen molar-refractivity contribution in [1.82, 2.24) is 25.0 Å². The van der Waals surface area contributed by atoms with Crippen LogP contribution in [-0.4, -0.2) is 36.7 Å². The number of nitrogens with zero attached hydrogens (tertiary/aromatic N) is 5. The highest BCUT2D eigenvalue weighted by molar-refractivity contribution is 5.81. The first-order chi connectivity index (χ1) is 7.81. The van der Waals surface area contributed by atoms with E-state index in [1.165, 1.54) is 6.33 Å². The number of hydrogen-bond acceptors (Lipinski definition) is 7. The topological polar surface area (TPSA) is 115 Å². The van der Waals surface area contributed by atoms with Crippen LogP contribution in [-0.2, 0) is 0 Å². The Balaban J connectivity index is 2.56. The van der Waals surface area contributed by atoms with Crippen molar-refractivity contribution in [3.63, 3.8) is 0 Å². The summed E-state index contributed by atoms with van der Waals surface area (Å²) >= 11 is 0. The molecule has 0 aliphatic rings. The van der Waals surface area contributed by atoms with Gasteiger partial charge in [-0.3, -0.25) is 0 Å². The van der Waals surface area contributed by atoms with Crippen LogP contribution in [0, 0.1) is 0 Å². The minimum absolute atomic E-state index is 0.00957. The fourth-order valence-corrected chi connectivity index (χ4v) is 1.50. The Hall–Kier alpha value is -1.80. The minimum Gasteiger partial charge on any atom is -0.394 e. The Morgan fingerprint density at radius 1 is 1.56 bits per heavy atom. The fraction of sp³-hybridized carbons (Fsp3) is 0.500. The molecule has 0 saturated heterocycles. The number of nitrogens with two attached hydrogens (primary N) is 1. The number of rotatable bonds is 4. The van der Waals surface area contributed by atoms with Crippen molar-refractivity contribution in [2.45, 2.75) is 19.4 Å². The zero-order chi connectivity index (χ0) is 11.5. The highest BCUT2D eigenvalue weighted by Gasteiger charge is 2.16. The molecule has 0 fully saturated rings. The van der Waals surface area contributed by atoms with Gasteiger partial charge in [0, 0.05) is 0 Å². The SMILES string of the molecule is CCC(CO)n1nnc2c(NN)ncnc21. The van der Waals surface area contributed by atoms with Crippen molar-refractivity contribution in [2.24, 2.45) is 5.84 Å². The molecule has 0 saturated carbocycles. The molecule has 0 bridgehead atoms. The molecule has 8 nitrogen and oxygen atoms in total. The molecule has 86 valence electrons. The summed E-state index contributed by atoms with van der Waals surface area (Å²) in [6.07, 6.45) is 2.12. The summed E-state index contributed by atoms with van der Waals surface area (Å²) in [6, 6.07) is -0.134. The predicted octanol–water partition coefficient (Wildman–Crippen LogP) is -0.550. The molecular weight excluding hydrogens is 210 g/mol. The molecule has 1 unspecified atom stereocenters. The van der Waals surface area contributed by atoms with Crippen molar-refractivity contribution >= 4 is 17.0 Å². The molecule has 16 heavy (non-hydrogen) atoms. The molecule has 2 aromatic heterocycles. The maximum Gasteiger partial charge on any atom is 0.184 e. The summed E-state index contributed by atoms with van der Waals surface area (Å²) in [5, 5.41) is 17.1. The Morgan fingerprint density at radius 2 is 2.38 bits per heavy atom. The second-order valence-corrected chi connectivity index (χ2v) is 3.32. The lowest BCUT2D eigenvalue weighted by molar-refractivity contribution is 0.215. The molecule has 0 aliphatic heterocycles. The Labute approximate surface area is 91.5 Å². The van der Waals surface area contributed by atoms with Crippen LogP contribution >= 0.6 is 0 Å². The molecule has 0 aliphatic carbocycles. The summed E-state index contributed by atoms with van der Waals surface area (Å²) in [7, 11) is 0. The van der Waals surface area contributed by atoms with Gasteiger partial charge in [-0.2, -0.15) is 0 Å². The summed E-state index contributed by atoms with van der Waals surface area (Å²) in [6.45, 7) is 1.95. The Kier molecular flexibility index (Phi) is 2.93. The number of nitrogen functional groups attached to an aromatic ring is 1. The molecule has 4 N–H and O–H groups in total. The third-order valence-electron chi connectivity index (χ3n) is 2.43. The van der Waals surface area contributed by atoms with Crippen molar-refractivity contribution in [2.75, 3.05) is 12.0 Å². The van der Waals surface area contributed by atoms with Gasteiger partial charge in [-0.05, 0) is 6.42 Å². The molecule has 1 atom stereocenters. The third-order valence-corrected chi connectivity index (χ3v) is 2.43. The van der Waals surface area contributed by atoms with E-state index in [1.807, 2.05) is 6.92 Å². The van der Waals surface area contributed by atoms with Crippen LogP contribution in [0.2, 0.25) is 0 Å². The normalized spacial score (nSPS) is 12.9. The van der Waals surface area contributed by atoms with E-state index in [0.29, 0.717) is 17.0 Å². The van der Waals surface area contributed by atoms with Crippen molar-refractivity contribution in [1.29, 1.82) is 0 Å². The van der Waals surface area contributed by atoms with Crippen molar-refractivity contribution in [3.8, 4) is 0 Å². The molecule has 2 aromatic rings. The smallest absolute Gasteiger partial charge is 0.184 e. The van der Waals surface area contributed by atoms with Crippen LogP contribution in [0.4, 0.5) is 5.82 Å². The lowest BCUT2D eigenvalue weighted by Crippen LogP contribution is -2.14. The molecule has 2 rings (SSSR count). The third kappa shape index (κ3) is 1.57. The van der Waals surface area contributed by atoms with Gasteiger partial charge >= 0.3 is 0 Å². The van der Waals surface area contributed by atoms with E-state index in [-0.39, 0.29) is 12.6 Å². The summed E-state index contributed by atoms with van der Waals surface area (Å²) in [4.78, 5) is 8.01. The quantitative estimate of drug-likeness (QED) is 0.470. The summed E-state index contributed by atoms with van der Waals surface area (Å²) in [5.74, 6) is 5.72. The van der Waals surface area contributed by atoms with E-state index >= 15 is 0 Å². The second-order valence-electron chi connectivity index (χ2n) is 3.32. The first kappa shape index (κ1) is 10.7. The van der Waals surface area contributed by atoms with E-state index in [1.54, 1.807) is 4.68 Å². The molecule has 0 spiro atoms. The summed E-state index contributed by atoms with van der Waals surface area (Å²) < 4.78 is 1.58. The number of hydrazine groups is 1. The van der Waals surface area contributed by atoms with Gasteiger partial charge in [0.25, 0.3) is 0 Å². The van der Waals surface area contributed by atoms with Crippen LogP contribution in [0.25, 0.3) is 11.2 Å². The largest absolute Gasteiger partial charge is 0.394 e. The monoisotopic (exact) mass is 223 g/mol. The predicted molar refractivity (Wildman–Crippen MR) is 57.3 cm³/mol. The van der Waals surface area contributed by atoms with E-state index in [0.717, 1.165) is 6.42 Å². The summed E-state index contributed by atoms with van der Waals surface area (Å²) in [5.41, 5.74) is 3.49. The van der Waals surface area contributed by atoms with Gasteiger partial charge in [0.15, 0.2) is 17.0 Å². The molecule has 0 radical (unpaired) electrons. The molecule has 0 amide bonds. The van der Waals surface area contributed by atoms with Crippen LogP contribution < -0.4 is 11.3 Å². The maximum atomic E-state index is 9.21. The lowest BCUT2D eigenvalue weighted by atomic mass is 10.2.